The summed E-state index contributed by atoms with van der Waals surface area (Å²) in [5.41, 5.74) is 1.87. The zero-order valence-corrected chi connectivity index (χ0v) is 12.3. The number of rotatable bonds is 5. The van der Waals surface area contributed by atoms with Gasteiger partial charge in [-0.2, -0.15) is 0 Å². The van der Waals surface area contributed by atoms with Gasteiger partial charge in [0.25, 0.3) is 5.69 Å². The van der Waals surface area contributed by atoms with Gasteiger partial charge in [-0.25, -0.2) is 0 Å². The minimum atomic E-state index is -0.292. The van der Waals surface area contributed by atoms with Crippen molar-refractivity contribution in [2.45, 2.75) is 26.2 Å². The first-order chi connectivity index (χ1) is 9.60. The molecule has 110 valence electrons. The molecule has 20 heavy (non-hydrogen) atoms. The lowest BCUT2D eigenvalue weighted by atomic mass is 9.97. The Balaban J connectivity index is 1.96. The lowest BCUT2D eigenvalue weighted by Gasteiger charge is -2.29. The first kappa shape index (κ1) is 14.8. The van der Waals surface area contributed by atoms with Crippen molar-refractivity contribution >= 4 is 11.4 Å². The fourth-order valence-corrected chi connectivity index (χ4v) is 2.67. The molecule has 0 radical (unpaired) electrons. The van der Waals surface area contributed by atoms with E-state index in [1.165, 1.54) is 12.8 Å². The molecular weight excluding hydrogens is 254 g/mol. The lowest BCUT2D eigenvalue weighted by Crippen LogP contribution is -2.32. The highest BCUT2D eigenvalue weighted by Crippen LogP contribution is 2.24. The van der Waals surface area contributed by atoms with Crippen molar-refractivity contribution in [3.05, 3.63) is 33.9 Å². The Morgan fingerprint density at radius 3 is 2.70 bits per heavy atom. The Hall–Kier alpha value is -1.62. The van der Waals surface area contributed by atoms with Crippen LogP contribution in [0.4, 0.5) is 11.4 Å². The zero-order valence-electron chi connectivity index (χ0n) is 12.3. The average molecular weight is 277 g/mol. The van der Waals surface area contributed by atoms with Crippen molar-refractivity contribution in [3.8, 4) is 0 Å². The van der Waals surface area contributed by atoms with Gasteiger partial charge in [-0.3, -0.25) is 10.1 Å². The fourth-order valence-electron chi connectivity index (χ4n) is 2.67. The normalized spacial score (nSPS) is 17.1. The number of likely N-dealkylation sites (tertiary alicyclic amines) is 1. The average Bonchev–Trinajstić information content (AvgIpc) is 2.46. The molecular formula is C15H23N3O2. The molecule has 0 spiro atoms. The minimum Gasteiger partial charge on any atom is -0.385 e. The first-order valence-corrected chi connectivity index (χ1v) is 7.30. The van der Waals surface area contributed by atoms with E-state index in [0.717, 1.165) is 30.9 Å². The van der Waals surface area contributed by atoms with E-state index in [0.29, 0.717) is 12.3 Å². The minimum absolute atomic E-state index is 0.223. The summed E-state index contributed by atoms with van der Waals surface area (Å²) in [7, 11) is 2.15. The maximum absolute atomic E-state index is 11.0. The van der Waals surface area contributed by atoms with Crippen LogP contribution >= 0.6 is 0 Å². The number of hydrogen-bond donors (Lipinski definition) is 1. The van der Waals surface area contributed by atoms with Gasteiger partial charge in [0, 0.05) is 23.9 Å². The van der Waals surface area contributed by atoms with Crippen LogP contribution in [-0.4, -0.2) is 36.5 Å². The third kappa shape index (κ3) is 3.70. The SMILES string of the molecule is CCc1ccc(NCC2CCN(C)CC2)cc1[N+](=O)[O-]. The molecule has 1 N–H and O–H groups in total. The third-order valence-electron chi connectivity index (χ3n) is 4.10. The van der Waals surface area contributed by atoms with Crippen molar-refractivity contribution in [1.82, 2.24) is 4.90 Å². The van der Waals surface area contributed by atoms with E-state index in [9.17, 15) is 10.1 Å². The fraction of sp³-hybridized carbons (Fsp3) is 0.600. The number of nitro groups is 1. The smallest absolute Gasteiger partial charge is 0.274 e. The number of nitrogens with zero attached hydrogens (tertiary/aromatic N) is 2. The van der Waals surface area contributed by atoms with Gasteiger partial charge in [0.1, 0.15) is 0 Å². The summed E-state index contributed by atoms with van der Waals surface area (Å²) in [6.45, 7) is 5.12. The molecule has 0 saturated carbocycles. The number of aryl methyl sites for hydroxylation is 1. The Morgan fingerprint density at radius 1 is 1.40 bits per heavy atom. The summed E-state index contributed by atoms with van der Waals surface area (Å²) in [5, 5.41) is 14.4. The molecule has 1 saturated heterocycles. The number of nitrogens with one attached hydrogen (secondary N) is 1. The van der Waals surface area contributed by atoms with Crippen LogP contribution in [0.25, 0.3) is 0 Å². The van der Waals surface area contributed by atoms with Crippen molar-refractivity contribution in [2.75, 3.05) is 32.0 Å². The van der Waals surface area contributed by atoms with Crippen LogP contribution < -0.4 is 5.32 Å². The molecule has 2 rings (SSSR count). The highest BCUT2D eigenvalue weighted by Gasteiger charge is 2.17. The van der Waals surface area contributed by atoms with Crippen LogP contribution in [0.5, 0.6) is 0 Å². The standard InChI is InChI=1S/C15H23N3O2/c1-3-13-4-5-14(10-15(13)18(19)20)16-11-12-6-8-17(2)9-7-12/h4-5,10,12,16H,3,6-9,11H2,1-2H3. The number of benzene rings is 1. The van der Waals surface area contributed by atoms with Gasteiger partial charge in [0.2, 0.25) is 0 Å². The molecule has 0 bridgehead atoms. The first-order valence-electron chi connectivity index (χ1n) is 7.30. The summed E-state index contributed by atoms with van der Waals surface area (Å²) in [5.74, 6) is 0.663. The molecule has 5 heteroatoms. The maximum atomic E-state index is 11.0. The summed E-state index contributed by atoms with van der Waals surface area (Å²) in [6, 6.07) is 5.46. The number of piperidine rings is 1. The van der Waals surface area contributed by atoms with E-state index in [4.69, 9.17) is 0 Å². The van der Waals surface area contributed by atoms with Gasteiger partial charge in [0.05, 0.1) is 4.92 Å². The molecule has 0 atom stereocenters. The predicted molar refractivity (Wildman–Crippen MR) is 81.2 cm³/mol. The van der Waals surface area contributed by atoms with Crippen molar-refractivity contribution in [2.24, 2.45) is 5.92 Å². The Kier molecular flexibility index (Phi) is 4.95. The van der Waals surface area contributed by atoms with Gasteiger partial charge in [-0.05, 0) is 51.4 Å². The Labute approximate surface area is 120 Å². The van der Waals surface area contributed by atoms with Crippen LogP contribution in [0.2, 0.25) is 0 Å². The van der Waals surface area contributed by atoms with E-state index >= 15 is 0 Å². The van der Waals surface area contributed by atoms with Gasteiger partial charge in [-0.15, -0.1) is 0 Å². The highest BCUT2D eigenvalue weighted by molar-refractivity contribution is 5.55. The molecule has 0 amide bonds. The van der Waals surface area contributed by atoms with Gasteiger partial charge < -0.3 is 10.2 Å². The maximum Gasteiger partial charge on any atom is 0.274 e. The summed E-state index contributed by atoms with van der Waals surface area (Å²) in [6.07, 6.45) is 3.07. The van der Waals surface area contributed by atoms with Crippen molar-refractivity contribution < 1.29 is 4.92 Å². The highest BCUT2D eigenvalue weighted by atomic mass is 16.6. The molecule has 1 fully saturated rings. The molecule has 1 aromatic carbocycles. The van der Waals surface area contributed by atoms with Crippen molar-refractivity contribution in [1.29, 1.82) is 0 Å². The Morgan fingerprint density at radius 2 is 2.10 bits per heavy atom. The van der Waals surface area contributed by atoms with E-state index in [1.54, 1.807) is 6.07 Å². The summed E-state index contributed by atoms with van der Waals surface area (Å²) in [4.78, 5) is 13.1. The predicted octanol–water partition coefficient (Wildman–Crippen LogP) is 2.91. The molecule has 0 unspecified atom stereocenters. The van der Waals surface area contributed by atoms with E-state index < -0.39 is 0 Å². The van der Waals surface area contributed by atoms with Gasteiger partial charge in [0.15, 0.2) is 0 Å². The van der Waals surface area contributed by atoms with Crippen LogP contribution in [-0.2, 0) is 6.42 Å². The van der Waals surface area contributed by atoms with E-state index in [2.05, 4.69) is 17.3 Å². The lowest BCUT2D eigenvalue weighted by molar-refractivity contribution is -0.385. The number of hydrogen-bond acceptors (Lipinski definition) is 4. The van der Waals surface area contributed by atoms with E-state index in [-0.39, 0.29) is 10.6 Å². The monoisotopic (exact) mass is 277 g/mol. The molecule has 1 aromatic rings. The van der Waals surface area contributed by atoms with Crippen LogP contribution in [0.3, 0.4) is 0 Å². The van der Waals surface area contributed by atoms with Crippen LogP contribution in [0.15, 0.2) is 18.2 Å². The molecule has 1 aliphatic heterocycles. The quantitative estimate of drug-likeness (QED) is 0.664. The topological polar surface area (TPSA) is 58.4 Å². The molecule has 1 heterocycles. The second-order valence-corrected chi connectivity index (χ2v) is 5.58. The second kappa shape index (κ2) is 6.70. The summed E-state index contributed by atoms with van der Waals surface area (Å²) >= 11 is 0. The van der Waals surface area contributed by atoms with Gasteiger partial charge in [-0.1, -0.05) is 13.0 Å². The number of anilines is 1. The van der Waals surface area contributed by atoms with E-state index in [1.807, 2.05) is 19.1 Å². The zero-order chi connectivity index (χ0) is 14.5. The molecule has 0 aliphatic carbocycles. The Bertz CT molecular complexity index is 468. The summed E-state index contributed by atoms with van der Waals surface area (Å²) < 4.78 is 0. The van der Waals surface area contributed by atoms with Crippen LogP contribution in [0.1, 0.15) is 25.3 Å². The third-order valence-corrected chi connectivity index (χ3v) is 4.10. The molecule has 5 nitrogen and oxygen atoms in total. The largest absolute Gasteiger partial charge is 0.385 e. The van der Waals surface area contributed by atoms with Crippen molar-refractivity contribution in [3.63, 3.8) is 0 Å². The van der Waals surface area contributed by atoms with Gasteiger partial charge >= 0.3 is 0 Å². The molecule has 0 aromatic heterocycles. The number of nitro benzene ring substituents is 1. The second-order valence-electron chi connectivity index (χ2n) is 5.58. The molecule has 1 aliphatic rings. The van der Waals surface area contributed by atoms with Crippen LogP contribution in [0, 0.1) is 16.0 Å².